The molecule has 0 spiro atoms. The van der Waals surface area contributed by atoms with Crippen LogP contribution < -0.4 is 15.4 Å². The van der Waals surface area contributed by atoms with Crippen molar-refractivity contribution < 1.29 is 36.1 Å². The molecule has 0 bridgehead atoms. The summed E-state index contributed by atoms with van der Waals surface area (Å²) in [6.45, 7) is 10.6. The summed E-state index contributed by atoms with van der Waals surface area (Å²) in [6.07, 6.45) is 1.03. The number of alkyl carbamates (subject to hydrolysis) is 1. The third-order valence-corrected chi connectivity index (χ3v) is 10.2. The number of carbonyl (C=O) groups is 2. The monoisotopic (exact) mass is 756 g/mol. The standard InChI is InChI=1S/C38H44F4N6O4S/c1-35(2,3)52-34(50)44-23-25-8-7-9-28(20-25)48-31(22-32(46-48)38(40,41)42)33(49)45-30-21-27(12-13-29(30)39)37(17-14-24-10-11-24,26-15-18-43-19-16-26)47-53(51)36(4,5)6/h7-9,12-13,15-16,18-22,24,47H,10-11,14,17,23H2,1-6H3,(H,44,50)(H,45,49)/t37?,53-/m0/s1. The third-order valence-electron chi connectivity index (χ3n) is 8.55. The SMILES string of the molecule is CC(C)(C)OC(=O)NCc1cccc(-n2nc(C(F)(F)F)cc2C(=O)Nc2cc(C(CCC3CC3)(N[S@@](=O)C(C)(C)C)c3ccncc3)ccc2F)c1. The lowest BCUT2D eigenvalue weighted by atomic mass is 9.79. The first kappa shape index (κ1) is 39.6. The van der Waals surface area contributed by atoms with Gasteiger partial charge in [-0.3, -0.25) is 9.78 Å². The summed E-state index contributed by atoms with van der Waals surface area (Å²) in [6, 6.07) is 14.4. The Hall–Kier alpha value is -4.63. The molecule has 2 aromatic carbocycles. The quantitative estimate of drug-likeness (QED) is 0.125. The van der Waals surface area contributed by atoms with Gasteiger partial charge < -0.3 is 15.4 Å². The lowest BCUT2D eigenvalue weighted by molar-refractivity contribution is -0.141. The first-order valence-corrected chi connectivity index (χ1v) is 18.4. The molecular weight excluding hydrogens is 713 g/mol. The zero-order valence-electron chi connectivity index (χ0n) is 30.4. The van der Waals surface area contributed by atoms with Gasteiger partial charge in [0.2, 0.25) is 0 Å². The molecule has 0 radical (unpaired) electrons. The van der Waals surface area contributed by atoms with Gasteiger partial charge in [0.1, 0.15) is 17.1 Å². The van der Waals surface area contributed by atoms with Crippen LogP contribution in [0.3, 0.4) is 0 Å². The largest absolute Gasteiger partial charge is 0.444 e. The van der Waals surface area contributed by atoms with Gasteiger partial charge in [-0.25, -0.2) is 22.8 Å². The maximum Gasteiger partial charge on any atom is 0.435 e. The van der Waals surface area contributed by atoms with E-state index < -0.39 is 62.3 Å². The molecule has 284 valence electrons. The molecule has 0 aliphatic heterocycles. The number of halogens is 4. The van der Waals surface area contributed by atoms with E-state index >= 15 is 4.39 Å². The van der Waals surface area contributed by atoms with Crippen LogP contribution in [0.25, 0.3) is 5.69 Å². The number of ether oxygens (including phenoxy) is 1. The summed E-state index contributed by atoms with van der Waals surface area (Å²) in [5.41, 5.74) is -2.19. The van der Waals surface area contributed by atoms with Crippen LogP contribution in [0.1, 0.15) is 100 Å². The van der Waals surface area contributed by atoms with E-state index in [2.05, 4.69) is 25.4 Å². The fraction of sp³-hybridized carbons (Fsp3) is 0.421. The van der Waals surface area contributed by atoms with Gasteiger partial charge in [0, 0.05) is 25.0 Å². The molecule has 4 aromatic rings. The van der Waals surface area contributed by atoms with Crippen LogP contribution in [0, 0.1) is 11.7 Å². The van der Waals surface area contributed by atoms with Gasteiger partial charge in [-0.15, -0.1) is 0 Å². The number of aromatic nitrogens is 3. The molecular formula is C38H44F4N6O4S. The zero-order valence-corrected chi connectivity index (χ0v) is 31.3. The lowest BCUT2D eigenvalue weighted by Crippen LogP contribution is -2.49. The number of anilines is 1. The third kappa shape index (κ3) is 10.1. The summed E-state index contributed by atoms with van der Waals surface area (Å²) in [5.74, 6) is -1.40. The summed E-state index contributed by atoms with van der Waals surface area (Å²) in [4.78, 5) is 30.2. The summed E-state index contributed by atoms with van der Waals surface area (Å²) in [5, 5.41) is 8.75. The average molecular weight is 757 g/mol. The molecule has 2 atom stereocenters. The maximum absolute atomic E-state index is 15.6. The van der Waals surface area contributed by atoms with Crippen molar-refractivity contribution in [2.75, 3.05) is 5.32 Å². The zero-order chi connectivity index (χ0) is 38.8. The van der Waals surface area contributed by atoms with E-state index in [1.165, 1.54) is 30.3 Å². The van der Waals surface area contributed by atoms with Crippen LogP contribution >= 0.6 is 0 Å². The predicted molar refractivity (Wildman–Crippen MR) is 194 cm³/mol. The summed E-state index contributed by atoms with van der Waals surface area (Å²) < 4.78 is 80.0. The van der Waals surface area contributed by atoms with Gasteiger partial charge in [0.25, 0.3) is 5.91 Å². The normalized spacial score (nSPS) is 15.4. The van der Waals surface area contributed by atoms with Crippen molar-refractivity contribution in [2.45, 2.75) is 95.8 Å². The van der Waals surface area contributed by atoms with Gasteiger partial charge in [-0.05, 0) is 113 Å². The molecule has 2 amide bonds. The van der Waals surface area contributed by atoms with Crippen molar-refractivity contribution in [3.05, 3.63) is 107 Å². The predicted octanol–water partition coefficient (Wildman–Crippen LogP) is 8.19. The number of carbonyl (C=O) groups excluding carboxylic acids is 2. The molecule has 1 fully saturated rings. The molecule has 1 saturated carbocycles. The second-order valence-electron chi connectivity index (χ2n) is 15.1. The van der Waals surface area contributed by atoms with Crippen LogP contribution in [-0.4, -0.2) is 41.3 Å². The average Bonchev–Trinajstić information content (AvgIpc) is 3.79. The number of pyridine rings is 1. The lowest BCUT2D eigenvalue weighted by Gasteiger charge is -2.38. The Bertz CT molecular complexity index is 1970. The van der Waals surface area contributed by atoms with Crippen molar-refractivity contribution in [3.8, 4) is 5.69 Å². The molecule has 5 rings (SSSR count). The van der Waals surface area contributed by atoms with E-state index in [4.69, 9.17) is 4.74 Å². The molecule has 2 aromatic heterocycles. The summed E-state index contributed by atoms with van der Waals surface area (Å²) in [7, 11) is -1.60. The van der Waals surface area contributed by atoms with Crippen molar-refractivity contribution in [1.29, 1.82) is 0 Å². The smallest absolute Gasteiger partial charge is 0.435 e. The molecule has 2 heterocycles. The van der Waals surface area contributed by atoms with E-state index in [1.807, 2.05) is 20.8 Å². The highest BCUT2D eigenvalue weighted by Gasteiger charge is 2.41. The number of hydrogen-bond acceptors (Lipinski definition) is 6. The van der Waals surface area contributed by atoms with Crippen LogP contribution in [0.15, 0.2) is 73.1 Å². The Balaban J connectivity index is 1.52. The first-order chi connectivity index (χ1) is 24.7. The van der Waals surface area contributed by atoms with Gasteiger partial charge in [0.15, 0.2) is 5.69 Å². The Morgan fingerprint density at radius 2 is 1.64 bits per heavy atom. The number of hydrogen-bond donors (Lipinski definition) is 3. The Morgan fingerprint density at radius 1 is 0.943 bits per heavy atom. The van der Waals surface area contributed by atoms with Gasteiger partial charge in [0.05, 0.1) is 32.6 Å². The van der Waals surface area contributed by atoms with E-state index in [1.54, 1.807) is 57.4 Å². The number of amides is 2. The topological polar surface area (TPSA) is 127 Å². The molecule has 10 nitrogen and oxygen atoms in total. The van der Waals surface area contributed by atoms with E-state index in [0.717, 1.165) is 29.5 Å². The minimum absolute atomic E-state index is 0.0241. The van der Waals surface area contributed by atoms with Gasteiger partial charge in [-0.1, -0.05) is 31.0 Å². The van der Waals surface area contributed by atoms with Crippen molar-refractivity contribution in [3.63, 3.8) is 0 Å². The Morgan fingerprint density at radius 3 is 2.26 bits per heavy atom. The highest BCUT2D eigenvalue weighted by Crippen LogP contribution is 2.43. The maximum atomic E-state index is 15.6. The van der Waals surface area contributed by atoms with Crippen LogP contribution in [0.5, 0.6) is 0 Å². The number of benzene rings is 2. The second kappa shape index (κ2) is 15.4. The molecule has 1 unspecified atom stereocenters. The molecule has 1 aliphatic rings. The molecule has 15 heteroatoms. The molecule has 0 saturated heterocycles. The van der Waals surface area contributed by atoms with Crippen LogP contribution in [0.2, 0.25) is 0 Å². The van der Waals surface area contributed by atoms with Crippen molar-refractivity contribution in [2.24, 2.45) is 5.92 Å². The van der Waals surface area contributed by atoms with Crippen LogP contribution in [0.4, 0.5) is 28.0 Å². The minimum Gasteiger partial charge on any atom is -0.444 e. The second-order valence-corrected chi connectivity index (χ2v) is 17.1. The van der Waals surface area contributed by atoms with Crippen molar-refractivity contribution >= 4 is 28.7 Å². The fourth-order valence-corrected chi connectivity index (χ4v) is 6.60. The molecule has 3 N–H and O–H groups in total. The van der Waals surface area contributed by atoms with E-state index in [9.17, 15) is 27.0 Å². The fourth-order valence-electron chi connectivity index (χ4n) is 5.64. The Labute approximate surface area is 308 Å². The first-order valence-electron chi connectivity index (χ1n) is 17.2. The Kier molecular flexibility index (Phi) is 11.5. The van der Waals surface area contributed by atoms with Crippen molar-refractivity contribution in [1.82, 2.24) is 24.8 Å². The van der Waals surface area contributed by atoms with Gasteiger partial charge in [-0.2, -0.15) is 18.3 Å². The highest BCUT2D eigenvalue weighted by atomic mass is 32.2. The highest BCUT2D eigenvalue weighted by molar-refractivity contribution is 7.84. The minimum atomic E-state index is -4.90. The summed E-state index contributed by atoms with van der Waals surface area (Å²) >= 11 is 0. The van der Waals surface area contributed by atoms with E-state index in [-0.39, 0.29) is 17.9 Å². The van der Waals surface area contributed by atoms with Crippen LogP contribution in [-0.2, 0) is 34.0 Å². The number of nitrogens with one attached hydrogen (secondary N) is 3. The number of rotatable bonds is 12. The molecule has 53 heavy (non-hydrogen) atoms. The van der Waals surface area contributed by atoms with E-state index in [0.29, 0.717) is 29.5 Å². The number of nitrogens with zero attached hydrogens (tertiary/aromatic N) is 3. The molecule has 1 aliphatic carbocycles. The number of alkyl halides is 3. The van der Waals surface area contributed by atoms with Gasteiger partial charge >= 0.3 is 12.3 Å².